The summed E-state index contributed by atoms with van der Waals surface area (Å²) in [4.78, 5) is 50.0. The molecule has 184 valence electrons. The highest BCUT2D eigenvalue weighted by molar-refractivity contribution is 5.87. The fourth-order valence-electron chi connectivity index (χ4n) is 8.63. The average Bonchev–Trinajstić information content (AvgIpc) is 3.11. The summed E-state index contributed by atoms with van der Waals surface area (Å²) in [5, 5.41) is 0. The molecule has 9 atom stereocenters. The second-order valence-electron chi connectivity index (χ2n) is 11.8. The molecule has 0 N–H and O–H groups in total. The molecular formula is C27H40O6. The molecule has 4 fully saturated rings. The van der Waals surface area contributed by atoms with Gasteiger partial charge in [-0.2, -0.15) is 0 Å². The van der Waals surface area contributed by atoms with E-state index in [1.54, 1.807) is 0 Å². The van der Waals surface area contributed by atoms with Gasteiger partial charge in [0.1, 0.15) is 17.7 Å². The van der Waals surface area contributed by atoms with Gasteiger partial charge in [-0.15, -0.1) is 0 Å². The van der Waals surface area contributed by atoms with Crippen LogP contribution in [0.2, 0.25) is 0 Å². The molecular weight excluding hydrogens is 420 g/mol. The number of carbonyl (C=O) groups is 4. The lowest BCUT2D eigenvalue weighted by atomic mass is 9.43. The first-order chi connectivity index (χ1) is 15.5. The van der Waals surface area contributed by atoms with Crippen LogP contribution in [0.25, 0.3) is 0 Å². The summed E-state index contributed by atoms with van der Waals surface area (Å²) in [6.07, 6.45) is 5.99. The Morgan fingerprint density at radius 2 is 1.85 bits per heavy atom. The van der Waals surface area contributed by atoms with Gasteiger partial charge in [-0.05, 0) is 67.1 Å². The smallest absolute Gasteiger partial charge is 0.305 e. The summed E-state index contributed by atoms with van der Waals surface area (Å²) < 4.78 is 10.8. The molecule has 4 saturated carbocycles. The van der Waals surface area contributed by atoms with Crippen LogP contribution in [0.15, 0.2) is 0 Å². The van der Waals surface area contributed by atoms with Crippen molar-refractivity contribution >= 4 is 23.5 Å². The van der Waals surface area contributed by atoms with Crippen LogP contribution in [0.4, 0.5) is 0 Å². The fraction of sp³-hybridized carbons (Fsp3) is 0.852. The molecule has 0 radical (unpaired) electrons. The Morgan fingerprint density at radius 3 is 2.52 bits per heavy atom. The molecule has 33 heavy (non-hydrogen) atoms. The molecule has 0 aromatic rings. The van der Waals surface area contributed by atoms with Gasteiger partial charge in [0.05, 0.1) is 7.11 Å². The number of carbonyl (C=O) groups excluding carboxylic acids is 4. The van der Waals surface area contributed by atoms with Crippen LogP contribution in [0, 0.1) is 46.3 Å². The molecule has 0 amide bonds. The van der Waals surface area contributed by atoms with Gasteiger partial charge in [0, 0.05) is 43.9 Å². The molecule has 0 bridgehead atoms. The first-order valence-corrected chi connectivity index (χ1v) is 12.8. The van der Waals surface area contributed by atoms with Crippen molar-refractivity contribution in [2.24, 2.45) is 46.3 Å². The molecule has 4 rings (SSSR count). The summed E-state index contributed by atoms with van der Waals surface area (Å²) >= 11 is 0. The van der Waals surface area contributed by atoms with Crippen LogP contribution in [-0.2, 0) is 28.7 Å². The minimum atomic E-state index is -0.456. The SMILES string of the molecule is COC(=O)CC[C@@H](C)[C@@H]1CC[C@@H]2[C@@H]3[C@@H](CC(=O)[C@]21C)[C@@]1(C)CCC(=O)C[C@@H]1C[C@H]3OC(C)=O. The monoisotopic (exact) mass is 460 g/mol. The maximum atomic E-state index is 13.9. The van der Waals surface area contributed by atoms with Crippen LogP contribution in [-0.4, -0.2) is 36.7 Å². The third-order valence-electron chi connectivity index (χ3n) is 10.4. The Kier molecular flexibility index (Phi) is 6.52. The zero-order valence-electron chi connectivity index (χ0n) is 20.9. The lowest BCUT2D eigenvalue weighted by molar-refractivity contribution is -0.190. The average molecular weight is 461 g/mol. The molecule has 4 aliphatic carbocycles. The van der Waals surface area contributed by atoms with Crippen molar-refractivity contribution in [1.29, 1.82) is 0 Å². The third-order valence-corrected chi connectivity index (χ3v) is 10.4. The topological polar surface area (TPSA) is 86.7 Å². The number of methoxy groups -OCH3 is 1. The van der Waals surface area contributed by atoms with E-state index in [0.717, 1.165) is 32.1 Å². The maximum Gasteiger partial charge on any atom is 0.305 e. The van der Waals surface area contributed by atoms with E-state index in [0.29, 0.717) is 37.2 Å². The van der Waals surface area contributed by atoms with Crippen molar-refractivity contribution < 1.29 is 28.7 Å². The zero-order valence-corrected chi connectivity index (χ0v) is 20.9. The number of hydrogen-bond acceptors (Lipinski definition) is 6. The van der Waals surface area contributed by atoms with E-state index in [-0.39, 0.29) is 59.0 Å². The predicted molar refractivity (Wildman–Crippen MR) is 122 cm³/mol. The number of Topliss-reactive ketones (excluding diaryl/α,β-unsaturated/α-hetero) is 2. The third kappa shape index (κ3) is 3.95. The van der Waals surface area contributed by atoms with Crippen molar-refractivity contribution in [2.75, 3.05) is 7.11 Å². The second-order valence-corrected chi connectivity index (χ2v) is 11.8. The van der Waals surface area contributed by atoms with E-state index in [9.17, 15) is 19.2 Å². The number of hydrogen-bond donors (Lipinski definition) is 0. The first-order valence-electron chi connectivity index (χ1n) is 12.8. The van der Waals surface area contributed by atoms with Gasteiger partial charge in [0.2, 0.25) is 0 Å². The minimum Gasteiger partial charge on any atom is -0.469 e. The van der Waals surface area contributed by atoms with E-state index >= 15 is 0 Å². The Hall–Kier alpha value is -1.72. The molecule has 0 unspecified atom stereocenters. The normalized spacial score (nSPS) is 43.2. The Morgan fingerprint density at radius 1 is 1.12 bits per heavy atom. The summed E-state index contributed by atoms with van der Waals surface area (Å²) in [5.41, 5.74) is -0.510. The van der Waals surface area contributed by atoms with Gasteiger partial charge in [-0.1, -0.05) is 20.8 Å². The van der Waals surface area contributed by atoms with E-state index < -0.39 is 5.41 Å². The summed E-state index contributed by atoms with van der Waals surface area (Å²) in [5.74, 6) is 1.28. The molecule has 0 heterocycles. The van der Waals surface area contributed by atoms with Gasteiger partial charge in [-0.3, -0.25) is 19.2 Å². The standard InChI is InChI=1S/C27H40O6/c1-15(6-9-24(31)32-5)19-7-8-20-25-21(14-23(30)27(19,20)4)26(3)11-10-18(29)12-17(26)13-22(25)33-16(2)28/h15,17,19-22,25H,6-14H2,1-5H3/t15-,17-,19+,20-,21-,22-,25-,26+,27+/m1/s1. The van der Waals surface area contributed by atoms with E-state index in [1.165, 1.54) is 14.0 Å². The van der Waals surface area contributed by atoms with E-state index in [1.807, 2.05) is 0 Å². The van der Waals surface area contributed by atoms with Crippen molar-refractivity contribution in [3.05, 3.63) is 0 Å². The lowest BCUT2D eigenvalue weighted by Gasteiger charge is -2.61. The van der Waals surface area contributed by atoms with Gasteiger partial charge in [-0.25, -0.2) is 0 Å². The Bertz CT molecular complexity index is 834. The molecule has 4 aliphatic rings. The highest BCUT2D eigenvalue weighted by Crippen LogP contribution is 2.67. The molecule has 6 heteroatoms. The number of ketones is 2. The van der Waals surface area contributed by atoms with Crippen LogP contribution in [0.1, 0.15) is 85.5 Å². The van der Waals surface area contributed by atoms with E-state index in [4.69, 9.17) is 9.47 Å². The highest BCUT2D eigenvalue weighted by Gasteiger charge is 2.66. The van der Waals surface area contributed by atoms with Gasteiger partial charge >= 0.3 is 11.9 Å². The van der Waals surface area contributed by atoms with Crippen LogP contribution in [0.5, 0.6) is 0 Å². The number of rotatable bonds is 5. The Labute approximate surface area is 197 Å². The molecule has 6 nitrogen and oxygen atoms in total. The van der Waals surface area contributed by atoms with Crippen LogP contribution in [0.3, 0.4) is 0 Å². The molecule has 0 aliphatic heterocycles. The first kappa shape index (κ1) is 24.4. The highest BCUT2D eigenvalue weighted by atomic mass is 16.5. The summed E-state index contributed by atoms with van der Waals surface area (Å²) in [6.45, 7) is 8.06. The van der Waals surface area contributed by atoms with E-state index in [2.05, 4.69) is 20.8 Å². The quantitative estimate of drug-likeness (QED) is 0.561. The molecule has 0 spiro atoms. The van der Waals surface area contributed by atoms with Crippen molar-refractivity contribution in [2.45, 2.75) is 91.6 Å². The fourth-order valence-corrected chi connectivity index (χ4v) is 8.63. The largest absolute Gasteiger partial charge is 0.469 e. The number of esters is 2. The van der Waals surface area contributed by atoms with Gasteiger partial charge in [0.15, 0.2) is 0 Å². The maximum absolute atomic E-state index is 13.9. The van der Waals surface area contributed by atoms with Crippen molar-refractivity contribution in [3.8, 4) is 0 Å². The molecule has 0 saturated heterocycles. The van der Waals surface area contributed by atoms with Gasteiger partial charge in [0.25, 0.3) is 0 Å². The van der Waals surface area contributed by atoms with Gasteiger partial charge < -0.3 is 9.47 Å². The number of fused-ring (bicyclic) bond motifs is 5. The zero-order chi connectivity index (χ0) is 24.1. The number of ether oxygens (including phenoxy) is 2. The lowest BCUT2D eigenvalue weighted by Crippen LogP contribution is -2.61. The van der Waals surface area contributed by atoms with Crippen molar-refractivity contribution in [3.63, 3.8) is 0 Å². The molecule has 0 aromatic heterocycles. The summed E-state index contributed by atoms with van der Waals surface area (Å²) in [6, 6.07) is 0. The van der Waals surface area contributed by atoms with Crippen molar-refractivity contribution in [1.82, 2.24) is 0 Å². The van der Waals surface area contributed by atoms with Crippen LogP contribution >= 0.6 is 0 Å². The molecule has 0 aromatic carbocycles. The Balaban J connectivity index is 1.65. The van der Waals surface area contributed by atoms with Crippen LogP contribution < -0.4 is 0 Å². The second kappa shape index (κ2) is 8.81. The summed E-state index contributed by atoms with van der Waals surface area (Å²) in [7, 11) is 1.41. The minimum absolute atomic E-state index is 0.0548. The predicted octanol–water partition coefficient (Wildman–Crippen LogP) is 4.52.